The number of rotatable bonds is 4. The number of piperidine rings is 1. The second-order valence-electron chi connectivity index (χ2n) is 4.71. The molecule has 4 nitrogen and oxygen atoms in total. The highest BCUT2D eigenvalue weighted by Gasteiger charge is 2.14. The molecule has 0 saturated carbocycles. The molecule has 1 aliphatic heterocycles. The summed E-state index contributed by atoms with van der Waals surface area (Å²) in [4.78, 5) is 8.60. The van der Waals surface area contributed by atoms with Crippen LogP contribution in [0.25, 0.3) is 0 Å². The van der Waals surface area contributed by atoms with Gasteiger partial charge >= 0.3 is 0 Å². The van der Waals surface area contributed by atoms with Crippen LogP contribution in [0.4, 0.5) is 5.82 Å². The van der Waals surface area contributed by atoms with Gasteiger partial charge in [-0.2, -0.15) is 0 Å². The number of hydrogen-bond donors (Lipinski definition) is 2. The van der Waals surface area contributed by atoms with Gasteiger partial charge in [0.2, 0.25) is 0 Å². The van der Waals surface area contributed by atoms with E-state index in [1.54, 1.807) is 6.33 Å². The second-order valence-corrected chi connectivity index (χ2v) is 4.71. The molecule has 0 atom stereocenters. The molecule has 2 N–H and O–H groups in total. The molecule has 0 bridgehead atoms. The molecule has 1 saturated heterocycles. The standard InChI is InChI=1S/C13H22N4/c1-3-12-10(2)16-9-17-13(12)15-8-11-4-6-14-7-5-11/h9,11,14H,3-8H2,1-2H3,(H,15,16,17). The highest BCUT2D eigenvalue weighted by atomic mass is 15.0. The molecule has 4 heteroatoms. The number of aromatic nitrogens is 2. The zero-order valence-corrected chi connectivity index (χ0v) is 10.8. The fourth-order valence-corrected chi connectivity index (χ4v) is 2.40. The topological polar surface area (TPSA) is 49.8 Å². The first-order chi connectivity index (χ1) is 8.31. The number of nitrogens with zero attached hydrogens (tertiary/aromatic N) is 2. The Bertz CT molecular complexity index is 358. The zero-order valence-electron chi connectivity index (χ0n) is 10.8. The van der Waals surface area contributed by atoms with E-state index in [-0.39, 0.29) is 0 Å². The summed E-state index contributed by atoms with van der Waals surface area (Å²) in [7, 11) is 0. The summed E-state index contributed by atoms with van der Waals surface area (Å²) < 4.78 is 0. The minimum atomic E-state index is 0.774. The van der Waals surface area contributed by atoms with Crippen molar-refractivity contribution in [2.45, 2.75) is 33.1 Å². The Morgan fingerprint density at radius 1 is 1.35 bits per heavy atom. The lowest BCUT2D eigenvalue weighted by atomic mass is 9.98. The van der Waals surface area contributed by atoms with Gasteiger partial charge in [0.1, 0.15) is 12.1 Å². The van der Waals surface area contributed by atoms with Gasteiger partial charge in [0.15, 0.2) is 0 Å². The average molecular weight is 234 g/mol. The third-order valence-electron chi connectivity index (χ3n) is 3.53. The van der Waals surface area contributed by atoms with Crippen molar-refractivity contribution in [2.24, 2.45) is 5.92 Å². The van der Waals surface area contributed by atoms with E-state index >= 15 is 0 Å². The maximum absolute atomic E-state index is 4.36. The van der Waals surface area contributed by atoms with Crippen LogP contribution in [0.15, 0.2) is 6.33 Å². The SMILES string of the molecule is CCc1c(C)ncnc1NCC1CCNCC1. The Hall–Kier alpha value is -1.16. The van der Waals surface area contributed by atoms with Gasteiger partial charge in [-0.05, 0) is 45.2 Å². The molecule has 1 aliphatic rings. The summed E-state index contributed by atoms with van der Waals surface area (Å²) in [6.45, 7) is 7.54. The molecule has 17 heavy (non-hydrogen) atoms. The first kappa shape index (κ1) is 12.3. The van der Waals surface area contributed by atoms with Gasteiger partial charge in [-0.1, -0.05) is 6.92 Å². The molecule has 0 radical (unpaired) electrons. The van der Waals surface area contributed by atoms with Crippen molar-refractivity contribution < 1.29 is 0 Å². The molecule has 1 aromatic heterocycles. The van der Waals surface area contributed by atoms with Crippen molar-refractivity contribution in [2.75, 3.05) is 25.0 Å². The Morgan fingerprint density at radius 2 is 2.12 bits per heavy atom. The molecule has 2 rings (SSSR count). The maximum atomic E-state index is 4.36. The van der Waals surface area contributed by atoms with Crippen molar-refractivity contribution in [1.29, 1.82) is 0 Å². The smallest absolute Gasteiger partial charge is 0.132 e. The Balaban J connectivity index is 1.95. The van der Waals surface area contributed by atoms with Gasteiger partial charge in [0.25, 0.3) is 0 Å². The Labute approximate surface area is 103 Å². The van der Waals surface area contributed by atoms with Crippen LogP contribution in [0.5, 0.6) is 0 Å². The lowest BCUT2D eigenvalue weighted by Crippen LogP contribution is -2.31. The number of hydrogen-bond acceptors (Lipinski definition) is 4. The van der Waals surface area contributed by atoms with Crippen LogP contribution >= 0.6 is 0 Å². The minimum absolute atomic E-state index is 0.774. The van der Waals surface area contributed by atoms with Crippen LogP contribution in [0, 0.1) is 12.8 Å². The van der Waals surface area contributed by atoms with Gasteiger partial charge < -0.3 is 10.6 Å². The summed E-state index contributed by atoms with van der Waals surface area (Å²) in [5, 5.41) is 6.89. The van der Waals surface area contributed by atoms with Gasteiger partial charge in [-0.15, -0.1) is 0 Å². The molecule has 0 amide bonds. The summed E-state index contributed by atoms with van der Waals surface area (Å²) >= 11 is 0. The quantitative estimate of drug-likeness (QED) is 0.833. The molecule has 0 aromatic carbocycles. The average Bonchev–Trinajstić information content (AvgIpc) is 2.37. The number of aryl methyl sites for hydroxylation is 1. The van der Waals surface area contributed by atoms with Gasteiger partial charge in [-0.25, -0.2) is 9.97 Å². The zero-order chi connectivity index (χ0) is 12.1. The predicted molar refractivity (Wildman–Crippen MR) is 70.2 cm³/mol. The maximum Gasteiger partial charge on any atom is 0.132 e. The fraction of sp³-hybridized carbons (Fsp3) is 0.692. The van der Waals surface area contributed by atoms with E-state index in [1.165, 1.54) is 18.4 Å². The lowest BCUT2D eigenvalue weighted by molar-refractivity contribution is 0.389. The minimum Gasteiger partial charge on any atom is -0.369 e. The van der Waals surface area contributed by atoms with Crippen LogP contribution in [0.2, 0.25) is 0 Å². The van der Waals surface area contributed by atoms with Crippen LogP contribution in [-0.4, -0.2) is 29.6 Å². The Morgan fingerprint density at radius 3 is 2.82 bits per heavy atom. The van der Waals surface area contributed by atoms with E-state index in [0.717, 1.165) is 43.5 Å². The molecule has 0 unspecified atom stereocenters. The van der Waals surface area contributed by atoms with E-state index in [0.29, 0.717) is 0 Å². The molecular formula is C13H22N4. The van der Waals surface area contributed by atoms with Crippen LogP contribution in [-0.2, 0) is 6.42 Å². The van der Waals surface area contributed by atoms with Crippen LogP contribution < -0.4 is 10.6 Å². The van der Waals surface area contributed by atoms with Gasteiger partial charge in [-0.3, -0.25) is 0 Å². The normalized spacial score (nSPS) is 17.1. The molecule has 94 valence electrons. The number of nitrogens with one attached hydrogen (secondary N) is 2. The predicted octanol–water partition coefficient (Wildman–Crippen LogP) is 1.76. The third kappa shape index (κ3) is 3.16. The van der Waals surface area contributed by atoms with E-state index in [4.69, 9.17) is 0 Å². The summed E-state index contributed by atoms with van der Waals surface area (Å²) in [6, 6.07) is 0. The molecule has 2 heterocycles. The van der Waals surface area contributed by atoms with Crippen molar-refractivity contribution in [1.82, 2.24) is 15.3 Å². The van der Waals surface area contributed by atoms with Crippen molar-refractivity contribution >= 4 is 5.82 Å². The van der Waals surface area contributed by atoms with E-state index in [1.807, 2.05) is 0 Å². The van der Waals surface area contributed by atoms with Crippen molar-refractivity contribution in [3.63, 3.8) is 0 Å². The van der Waals surface area contributed by atoms with E-state index in [9.17, 15) is 0 Å². The van der Waals surface area contributed by atoms with Gasteiger partial charge in [0, 0.05) is 17.8 Å². The first-order valence-electron chi connectivity index (χ1n) is 6.56. The van der Waals surface area contributed by atoms with Crippen molar-refractivity contribution in [3.8, 4) is 0 Å². The summed E-state index contributed by atoms with van der Waals surface area (Å²) in [5.41, 5.74) is 2.34. The highest BCUT2D eigenvalue weighted by Crippen LogP contribution is 2.17. The number of anilines is 1. The van der Waals surface area contributed by atoms with Crippen LogP contribution in [0.1, 0.15) is 31.0 Å². The van der Waals surface area contributed by atoms with Gasteiger partial charge in [0.05, 0.1) is 0 Å². The molecular weight excluding hydrogens is 212 g/mol. The molecule has 0 aliphatic carbocycles. The first-order valence-corrected chi connectivity index (χ1v) is 6.56. The van der Waals surface area contributed by atoms with E-state index < -0.39 is 0 Å². The molecule has 0 spiro atoms. The second kappa shape index (κ2) is 5.96. The van der Waals surface area contributed by atoms with E-state index in [2.05, 4.69) is 34.4 Å². The lowest BCUT2D eigenvalue weighted by Gasteiger charge is -2.23. The molecule has 1 aromatic rings. The highest BCUT2D eigenvalue weighted by molar-refractivity contribution is 5.45. The Kier molecular flexibility index (Phi) is 4.31. The molecule has 1 fully saturated rings. The monoisotopic (exact) mass is 234 g/mol. The van der Waals surface area contributed by atoms with Crippen LogP contribution in [0.3, 0.4) is 0 Å². The third-order valence-corrected chi connectivity index (χ3v) is 3.53. The fourth-order valence-electron chi connectivity index (χ4n) is 2.40. The summed E-state index contributed by atoms with van der Waals surface area (Å²) in [6.07, 6.45) is 5.16. The summed E-state index contributed by atoms with van der Waals surface area (Å²) in [5.74, 6) is 1.80. The van der Waals surface area contributed by atoms with Crippen molar-refractivity contribution in [3.05, 3.63) is 17.6 Å². The largest absolute Gasteiger partial charge is 0.369 e.